The van der Waals surface area contributed by atoms with Gasteiger partial charge in [0.2, 0.25) is 0 Å². The molecule has 1 aromatic heterocycles. The normalized spacial score (nSPS) is 10.5. The molecule has 0 saturated carbocycles. The third kappa shape index (κ3) is 2.54. The Kier molecular flexibility index (Phi) is 3.21. The zero-order chi connectivity index (χ0) is 14.2. The highest BCUT2D eigenvalue weighted by atomic mass is 16.4. The number of carboxylic acids is 1. The number of aromatic amines is 1. The fourth-order valence-electron chi connectivity index (χ4n) is 1.95. The van der Waals surface area contributed by atoms with Gasteiger partial charge >= 0.3 is 11.7 Å². The summed E-state index contributed by atoms with van der Waals surface area (Å²) in [6.45, 7) is 5.87. The van der Waals surface area contributed by atoms with E-state index in [1.54, 1.807) is 0 Å². The van der Waals surface area contributed by atoms with Gasteiger partial charge in [-0.05, 0) is 49.6 Å². The van der Waals surface area contributed by atoms with Crippen molar-refractivity contribution in [3.8, 4) is 11.3 Å². The van der Waals surface area contributed by atoms with E-state index < -0.39 is 11.7 Å². The summed E-state index contributed by atoms with van der Waals surface area (Å²) in [5.74, 6) is -1.18. The summed E-state index contributed by atoms with van der Waals surface area (Å²) >= 11 is 0. The Morgan fingerprint density at radius 3 is 2.37 bits per heavy atom. The molecule has 0 radical (unpaired) electrons. The van der Waals surface area contributed by atoms with E-state index in [0.29, 0.717) is 5.69 Å². The van der Waals surface area contributed by atoms with Gasteiger partial charge in [0.15, 0.2) is 0 Å². The first-order chi connectivity index (χ1) is 8.88. The Labute approximate surface area is 110 Å². The van der Waals surface area contributed by atoms with Gasteiger partial charge < -0.3 is 5.11 Å². The molecule has 2 rings (SSSR count). The van der Waals surface area contributed by atoms with Gasteiger partial charge in [-0.1, -0.05) is 6.07 Å². The number of carboxylic acid groups (broad SMARTS) is 1. The van der Waals surface area contributed by atoms with E-state index >= 15 is 0 Å². The molecule has 2 N–H and O–H groups in total. The van der Waals surface area contributed by atoms with Gasteiger partial charge in [0.25, 0.3) is 0 Å². The molecule has 0 spiro atoms. The number of aryl methyl sites for hydroxylation is 3. The lowest BCUT2D eigenvalue weighted by Gasteiger charge is -2.09. The molecule has 2 aromatic rings. The van der Waals surface area contributed by atoms with Crippen LogP contribution in [0.3, 0.4) is 0 Å². The third-order valence-electron chi connectivity index (χ3n) is 3.09. The predicted octanol–water partition coefficient (Wildman–Crippen LogP) is 2.06. The molecule has 0 saturated heterocycles. The van der Waals surface area contributed by atoms with E-state index in [1.807, 2.05) is 32.9 Å². The summed E-state index contributed by atoms with van der Waals surface area (Å²) in [4.78, 5) is 28.4. The van der Waals surface area contributed by atoms with E-state index in [4.69, 9.17) is 5.11 Å². The Balaban J connectivity index is 2.68. The molecule has 0 unspecified atom stereocenters. The number of aromatic nitrogens is 2. The van der Waals surface area contributed by atoms with Crippen molar-refractivity contribution in [2.24, 2.45) is 0 Å². The quantitative estimate of drug-likeness (QED) is 0.863. The van der Waals surface area contributed by atoms with Crippen LogP contribution in [0.2, 0.25) is 0 Å². The van der Waals surface area contributed by atoms with Crippen LogP contribution in [-0.4, -0.2) is 21.0 Å². The minimum absolute atomic E-state index is 0.160. The van der Waals surface area contributed by atoms with Crippen molar-refractivity contribution >= 4 is 5.97 Å². The van der Waals surface area contributed by atoms with Gasteiger partial charge in [-0.2, -0.15) is 4.98 Å². The maximum atomic E-state index is 11.4. The van der Waals surface area contributed by atoms with Crippen LogP contribution in [0.5, 0.6) is 0 Å². The number of hydrogen-bond donors (Lipinski definition) is 2. The van der Waals surface area contributed by atoms with Crippen LogP contribution in [0.1, 0.15) is 27.2 Å². The monoisotopic (exact) mass is 258 g/mol. The molecule has 0 fully saturated rings. The van der Waals surface area contributed by atoms with Crippen LogP contribution < -0.4 is 5.69 Å². The van der Waals surface area contributed by atoms with Gasteiger partial charge in [0, 0.05) is 5.56 Å². The number of benzene rings is 1. The molecular formula is C14H14N2O3. The molecule has 0 aliphatic heterocycles. The SMILES string of the molecule is Cc1cc(C)c(-c2cc(C(=O)O)[nH]c(=O)n2)cc1C. The first-order valence-corrected chi connectivity index (χ1v) is 5.81. The van der Waals surface area contributed by atoms with Crippen LogP contribution in [0.15, 0.2) is 23.0 Å². The van der Waals surface area contributed by atoms with Crippen LogP contribution in [0.4, 0.5) is 0 Å². The fourth-order valence-corrected chi connectivity index (χ4v) is 1.95. The molecule has 0 aliphatic rings. The molecule has 98 valence electrons. The molecule has 5 nitrogen and oxygen atoms in total. The van der Waals surface area contributed by atoms with Gasteiger partial charge in [-0.25, -0.2) is 9.59 Å². The van der Waals surface area contributed by atoms with Crippen molar-refractivity contribution in [1.82, 2.24) is 9.97 Å². The summed E-state index contributed by atoms with van der Waals surface area (Å²) in [6, 6.07) is 5.28. The lowest BCUT2D eigenvalue weighted by Crippen LogP contribution is -2.16. The summed E-state index contributed by atoms with van der Waals surface area (Å²) < 4.78 is 0. The average Bonchev–Trinajstić information content (AvgIpc) is 2.33. The second kappa shape index (κ2) is 4.68. The van der Waals surface area contributed by atoms with Gasteiger partial charge in [-0.15, -0.1) is 0 Å². The zero-order valence-corrected chi connectivity index (χ0v) is 10.9. The minimum Gasteiger partial charge on any atom is -0.477 e. The van der Waals surface area contributed by atoms with E-state index in [9.17, 15) is 9.59 Å². The molecular weight excluding hydrogens is 244 g/mol. The average molecular weight is 258 g/mol. The Morgan fingerprint density at radius 2 is 1.74 bits per heavy atom. The topological polar surface area (TPSA) is 83.0 Å². The largest absolute Gasteiger partial charge is 0.477 e. The molecule has 0 bridgehead atoms. The van der Waals surface area contributed by atoms with Crippen LogP contribution in [-0.2, 0) is 0 Å². The smallest absolute Gasteiger partial charge is 0.352 e. The van der Waals surface area contributed by atoms with E-state index in [1.165, 1.54) is 6.07 Å². The highest BCUT2D eigenvalue weighted by molar-refractivity contribution is 5.86. The second-order valence-corrected chi connectivity index (χ2v) is 4.54. The van der Waals surface area contributed by atoms with Crippen molar-refractivity contribution < 1.29 is 9.90 Å². The molecule has 0 atom stereocenters. The van der Waals surface area contributed by atoms with E-state index in [2.05, 4.69) is 9.97 Å². The highest BCUT2D eigenvalue weighted by Crippen LogP contribution is 2.24. The number of nitrogens with zero attached hydrogens (tertiary/aromatic N) is 1. The zero-order valence-electron chi connectivity index (χ0n) is 10.9. The summed E-state index contributed by atoms with van der Waals surface area (Å²) in [5, 5.41) is 8.95. The number of aromatic carboxylic acids is 1. The third-order valence-corrected chi connectivity index (χ3v) is 3.09. The highest BCUT2D eigenvalue weighted by Gasteiger charge is 2.11. The van der Waals surface area contributed by atoms with Crippen LogP contribution in [0.25, 0.3) is 11.3 Å². The Bertz CT molecular complexity index is 717. The second-order valence-electron chi connectivity index (χ2n) is 4.54. The van der Waals surface area contributed by atoms with Crippen LogP contribution >= 0.6 is 0 Å². The standard InChI is InChI=1S/C14H14N2O3/c1-7-4-9(3)10(5-8(7)2)11-6-12(13(17)18)16-14(19)15-11/h4-6H,1-3H3,(H,17,18)(H,15,16,19). The number of H-pyrrole nitrogens is 1. The van der Waals surface area contributed by atoms with Crippen molar-refractivity contribution in [3.63, 3.8) is 0 Å². The molecule has 19 heavy (non-hydrogen) atoms. The molecule has 1 heterocycles. The molecule has 1 aromatic carbocycles. The van der Waals surface area contributed by atoms with Crippen LogP contribution in [0, 0.1) is 20.8 Å². The number of nitrogens with one attached hydrogen (secondary N) is 1. The Hall–Kier alpha value is -2.43. The molecule has 0 aliphatic carbocycles. The first kappa shape index (κ1) is 13.0. The molecule has 0 amide bonds. The lowest BCUT2D eigenvalue weighted by molar-refractivity contribution is 0.0690. The lowest BCUT2D eigenvalue weighted by atomic mass is 9.98. The summed E-state index contributed by atoms with van der Waals surface area (Å²) in [5.41, 5.74) is 3.50. The maximum absolute atomic E-state index is 11.4. The van der Waals surface area contributed by atoms with Crippen molar-refractivity contribution in [3.05, 3.63) is 51.1 Å². The van der Waals surface area contributed by atoms with Gasteiger partial charge in [0.05, 0.1) is 5.69 Å². The number of hydrogen-bond acceptors (Lipinski definition) is 3. The summed E-state index contributed by atoms with van der Waals surface area (Å²) in [6.07, 6.45) is 0. The predicted molar refractivity (Wildman–Crippen MR) is 71.5 cm³/mol. The maximum Gasteiger partial charge on any atom is 0.352 e. The van der Waals surface area contributed by atoms with Crippen molar-refractivity contribution in [2.45, 2.75) is 20.8 Å². The van der Waals surface area contributed by atoms with Crippen molar-refractivity contribution in [2.75, 3.05) is 0 Å². The number of rotatable bonds is 2. The first-order valence-electron chi connectivity index (χ1n) is 5.81. The van der Waals surface area contributed by atoms with Gasteiger partial charge in [-0.3, -0.25) is 4.98 Å². The van der Waals surface area contributed by atoms with E-state index in [0.717, 1.165) is 22.3 Å². The van der Waals surface area contributed by atoms with Gasteiger partial charge in [0.1, 0.15) is 5.69 Å². The summed E-state index contributed by atoms with van der Waals surface area (Å²) in [7, 11) is 0. The van der Waals surface area contributed by atoms with E-state index in [-0.39, 0.29) is 5.69 Å². The minimum atomic E-state index is -1.18. The fraction of sp³-hybridized carbons (Fsp3) is 0.214. The molecule has 5 heteroatoms. The van der Waals surface area contributed by atoms with Crippen molar-refractivity contribution in [1.29, 1.82) is 0 Å². The number of carbonyl (C=O) groups is 1. The Morgan fingerprint density at radius 1 is 1.11 bits per heavy atom.